The summed E-state index contributed by atoms with van der Waals surface area (Å²) in [5, 5.41) is 0.122. The van der Waals surface area contributed by atoms with E-state index in [4.69, 9.17) is 11.6 Å². The Labute approximate surface area is 109 Å². The van der Waals surface area contributed by atoms with Gasteiger partial charge in [-0.05, 0) is 18.2 Å². The Hall–Kier alpha value is -0.740. The molecule has 5 heteroatoms. The fraction of sp³-hybridized carbons (Fsp3) is 0.417. The molecule has 0 amide bonds. The highest BCUT2D eigenvalue weighted by Gasteiger charge is 2.21. The molecule has 0 N–H and O–H groups in total. The number of rotatable bonds is 4. The maximum Gasteiger partial charge on any atom is 0.309 e. The summed E-state index contributed by atoms with van der Waals surface area (Å²) >= 11 is 7.15. The third-order valence-electron chi connectivity index (χ3n) is 2.49. The average molecular weight is 277 g/mol. The smallest absolute Gasteiger partial charge is 0.309 e. The van der Waals surface area contributed by atoms with Gasteiger partial charge < -0.3 is 4.74 Å². The highest BCUT2D eigenvalue weighted by Crippen LogP contribution is 2.30. The van der Waals surface area contributed by atoms with Crippen molar-refractivity contribution in [3.63, 3.8) is 0 Å². The maximum atomic E-state index is 13.0. The van der Waals surface area contributed by atoms with Crippen LogP contribution in [-0.2, 0) is 9.53 Å². The topological polar surface area (TPSA) is 26.3 Å². The minimum Gasteiger partial charge on any atom is -0.469 e. The summed E-state index contributed by atoms with van der Waals surface area (Å²) in [5.74, 6) is -0.920. The molecule has 1 aromatic rings. The molecule has 0 radical (unpaired) electrons. The maximum absolute atomic E-state index is 13.0. The highest BCUT2D eigenvalue weighted by molar-refractivity contribution is 8.00. The molecule has 1 rings (SSSR count). The van der Waals surface area contributed by atoms with E-state index in [0.29, 0.717) is 0 Å². The molecule has 0 fully saturated rings. The number of ether oxygens (including phenoxy) is 1. The van der Waals surface area contributed by atoms with E-state index in [0.717, 1.165) is 4.90 Å². The lowest BCUT2D eigenvalue weighted by molar-refractivity contribution is -0.144. The van der Waals surface area contributed by atoms with Crippen LogP contribution < -0.4 is 0 Å². The van der Waals surface area contributed by atoms with Crippen molar-refractivity contribution in [2.45, 2.75) is 24.0 Å². The number of methoxy groups -OCH3 is 1. The molecule has 94 valence electrons. The molecule has 0 bridgehead atoms. The summed E-state index contributed by atoms with van der Waals surface area (Å²) in [6, 6.07) is 4.52. The van der Waals surface area contributed by atoms with E-state index < -0.39 is 5.82 Å². The summed E-state index contributed by atoms with van der Waals surface area (Å²) < 4.78 is 17.6. The van der Waals surface area contributed by atoms with E-state index >= 15 is 0 Å². The lowest BCUT2D eigenvalue weighted by Gasteiger charge is -2.17. The van der Waals surface area contributed by atoms with Crippen molar-refractivity contribution < 1.29 is 13.9 Å². The van der Waals surface area contributed by atoms with Crippen molar-refractivity contribution in [1.29, 1.82) is 0 Å². The van der Waals surface area contributed by atoms with Gasteiger partial charge in [-0.25, -0.2) is 4.39 Å². The molecular weight excluding hydrogens is 263 g/mol. The van der Waals surface area contributed by atoms with E-state index in [1.807, 2.05) is 6.92 Å². The third-order valence-corrected chi connectivity index (χ3v) is 4.09. The monoisotopic (exact) mass is 276 g/mol. The molecule has 0 saturated carbocycles. The third kappa shape index (κ3) is 3.89. The molecule has 0 heterocycles. The summed E-state index contributed by atoms with van der Waals surface area (Å²) in [6.07, 6.45) is 0. The summed E-state index contributed by atoms with van der Waals surface area (Å²) in [5.41, 5.74) is 0. The Morgan fingerprint density at radius 1 is 1.47 bits per heavy atom. The number of benzene rings is 1. The molecular formula is C12H14ClFO2S. The number of hydrogen-bond acceptors (Lipinski definition) is 3. The summed E-state index contributed by atoms with van der Waals surface area (Å²) in [7, 11) is 1.37. The molecule has 17 heavy (non-hydrogen) atoms. The van der Waals surface area contributed by atoms with Gasteiger partial charge in [0.05, 0.1) is 18.1 Å². The van der Waals surface area contributed by atoms with Gasteiger partial charge in [-0.1, -0.05) is 25.4 Å². The van der Waals surface area contributed by atoms with Gasteiger partial charge in [0.1, 0.15) is 5.82 Å². The normalized spacial score (nSPS) is 14.2. The van der Waals surface area contributed by atoms with Crippen LogP contribution in [0, 0.1) is 11.7 Å². The second-order valence-corrected chi connectivity index (χ2v) is 5.57. The quantitative estimate of drug-likeness (QED) is 0.619. The second-order valence-electron chi connectivity index (χ2n) is 3.71. The Morgan fingerprint density at radius 3 is 2.65 bits per heavy atom. The van der Waals surface area contributed by atoms with Gasteiger partial charge in [0.15, 0.2) is 0 Å². The molecule has 2 atom stereocenters. The number of carbonyl (C=O) groups is 1. The minimum absolute atomic E-state index is 0.0315. The molecule has 0 aliphatic carbocycles. The fourth-order valence-electron chi connectivity index (χ4n) is 1.24. The first-order valence-electron chi connectivity index (χ1n) is 5.15. The lowest BCUT2D eigenvalue weighted by atomic mass is 10.1. The zero-order valence-corrected chi connectivity index (χ0v) is 11.4. The van der Waals surface area contributed by atoms with Crippen LogP contribution in [-0.4, -0.2) is 18.3 Å². The number of thioether (sulfide) groups is 1. The SMILES string of the molecule is COC(=O)C(C)C(C)Sc1ccc(F)c(Cl)c1. The van der Waals surface area contributed by atoms with Crippen molar-refractivity contribution in [1.82, 2.24) is 0 Å². The Morgan fingerprint density at radius 2 is 2.12 bits per heavy atom. The van der Waals surface area contributed by atoms with Gasteiger partial charge in [-0.2, -0.15) is 0 Å². The number of hydrogen-bond donors (Lipinski definition) is 0. The van der Waals surface area contributed by atoms with Crippen LogP contribution in [0.25, 0.3) is 0 Å². The average Bonchev–Trinajstić information content (AvgIpc) is 2.31. The number of esters is 1. The minimum atomic E-state index is -0.440. The molecule has 0 aromatic heterocycles. The van der Waals surface area contributed by atoms with Crippen LogP contribution in [0.15, 0.2) is 23.1 Å². The molecule has 1 aromatic carbocycles. The van der Waals surface area contributed by atoms with E-state index in [9.17, 15) is 9.18 Å². The van der Waals surface area contributed by atoms with Crippen LogP contribution in [0.3, 0.4) is 0 Å². The Bertz CT molecular complexity index is 411. The predicted octanol–water partition coefficient (Wildman–Crippen LogP) is 3.77. The van der Waals surface area contributed by atoms with Crippen LogP contribution in [0.5, 0.6) is 0 Å². The molecule has 0 spiro atoms. The van der Waals surface area contributed by atoms with Gasteiger partial charge >= 0.3 is 5.97 Å². The van der Waals surface area contributed by atoms with Crippen molar-refractivity contribution in [2.24, 2.45) is 5.92 Å². The number of carbonyl (C=O) groups excluding carboxylic acids is 1. The standard InChI is InChI=1S/C12H14ClFO2S/c1-7(12(15)16-3)8(2)17-9-4-5-11(14)10(13)6-9/h4-8H,1-3H3. The first-order valence-corrected chi connectivity index (χ1v) is 6.41. The van der Waals surface area contributed by atoms with Crippen LogP contribution in [0.4, 0.5) is 4.39 Å². The van der Waals surface area contributed by atoms with E-state index in [-0.39, 0.29) is 22.2 Å². The van der Waals surface area contributed by atoms with Crippen LogP contribution in [0.1, 0.15) is 13.8 Å². The van der Waals surface area contributed by atoms with E-state index in [1.165, 1.54) is 24.9 Å². The van der Waals surface area contributed by atoms with Crippen molar-refractivity contribution in [3.8, 4) is 0 Å². The number of halogens is 2. The van der Waals surface area contributed by atoms with Crippen LogP contribution >= 0.6 is 23.4 Å². The van der Waals surface area contributed by atoms with Gasteiger partial charge in [0.25, 0.3) is 0 Å². The molecule has 2 unspecified atom stereocenters. The molecule has 2 nitrogen and oxygen atoms in total. The largest absolute Gasteiger partial charge is 0.469 e. The van der Waals surface area contributed by atoms with Crippen LogP contribution in [0.2, 0.25) is 5.02 Å². The predicted molar refractivity (Wildman–Crippen MR) is 67.9 cm³/mol. The zero-order valence-electron chi connectivity index (χ0n) is 9.87. The van der Waals surface area contributed by atoms with Gasteiger partial charge in [0, 0.05) is 10.1 Å². The first-order chi connectivity index (χ1) is 7.95. The lowest BCUT2D eigenvalue weighted by Crippen LogP contribution is -2.21. The van der Waals surface area contributed by atoms with Gasteiger partial charge in [0.2, 0.25) is 0 Å². The Kier molecular flexibility index (Phi) is 5.28. The summed E-state index contributed by atoms with van der Waals surface area (Å²) in [4.78, 5) is 12.2. The van der Waals surface area contributed by atoms with Crippen molar-refractivity contribution >= 4 is 29.3 Å². The van der Waals surface area contributed by atoms with E-state index in [2.05, 4.69) is 4.74 Å². The van der Waals surface area contributed by atoms with Crippen molar-refractivity contribution in [2.75, 3.05) is 7.11 Å². The van der Waals surface area contributed by atoms with Gasteiger partial charge in [-0.3, -0.25) is 4.79 Å². The fourth-order valence-corrected chi connectivity index (χ4v) is 2.57. The zero-order chi connectivity index (χ0) is 13.0. The highest BCUT2D eigenvalue weighted by atomic mass is 35.5. The molecule has 0 aliphatic rings. The Balaban J connectivity index is 2.70. The van der Waals surface area contributed by atoms with E-state index in [1.54, 1.807) is 19.1 Å². The molecule has 0 aliphatic heterocycles. The van der Waals surface area contributed by atoms with Gasteiger partial charge in [-0.15, -0.1) is 11.8 Å². The summed E-state index contributed by atoms with van der Waals surface area (Å²) in [6.45, 7) is 3.72. The molecule has 0 saturated heterocycles. The second kappa shape index (κ2) is 6.26. The van der Waals surface area contributed by atoms with Crippen molar-refractivity contribution in [3.05, 3.63) is 29.0 Å². The first kappa shape index (κ1) is 14.3.